The predicted molar refractivity (Wildman–Crippen MR) is 115 cm³/mol. The van der Waals surface area contributed by atoms with E-state index in [0.717, 1.165) is 39.8 Å². The minimum Gasteiger partial charge on any atom is -0.352 e. The number of aryl methyl sites for hydroxylation is 2. The van der Waals surface area contributed by atoms with Crippen LogP contribution in [0.4, 0.5) is 11.4 Å². The van der Waals surface area contributed by atoms with Crippen LogP contribution in [0.25, 0.3) is 22.6 Å². The Labute approximate surface area is 168 Å². The molecular formula is C23H20N6. The molecule has 0 aliphatic heterocycles. The molecule has 142 valence electrons. The maximum atomic E-state index is 4.89. The van der Waals surface area contributed by atoms with Gasteiger partial charge in [-0.25, -0.2) is 14.6 Å². The van der Waals surface area contributed by atoms with Crippen LogP contribution in [0.15, 0.2) is 79.4 Å². The van der Waals surface area contributed by atoms with Crippen molar-refractivity contribution >= 4 is 17.0 Å². The van der Waals surface area contributed by atoms with Crippen molar-refractivity contribution in [2.75, 3.05) is 5.32 Å². The minimum atomic E-state index is 0.752. The maximum absolute atomic E-state index is 4.89. The second-order valence-corrected chi connectivity index (χ2v) is 7.00. The number of aromatic nitrogens is 5. The van der Waals surface area contributed by atoms with Crippen LogP contribution in [0.1, 0.15) is 11.4 Å². The van der Waals surface area contributed by atoms with Gasteiger partial charge in [0.15, 0.2) is 5.65 Å². The van der Waals surface area contributed by atoms with Crippen LogP contribution in [-0.4, -0.2) is 24.1 Å². The molecule has 0 amide bonds. The third-order valence-corrected chi connectivity index (χ3v) is 4.92. The summed E-state index contributed by atoms with van der Waals surface area (Å²) < 4.78 is 3.82. The molecule has 6 heteroatoms. The highest BCUT2D eigenvalue weighted by Crippen LogP contribution is 2.27. The summed E-state index contributed by atoms with van der Waals surface area (Å²) in [6.07, 6.45) is 5.81. The third kappa shape index (κ3) is 3.25. The van der Waals surface area contributed by atoms with Crippen molar-refractivity contribution < 1.29 is 0 Å². The Morgan fingerprint density at radius 3 is 2.48 bits per heavy atom. The van der Waals surface area contributed by atoms with E-state index in [0.29, 0.717) is 0 Å². The van der Waals surface area contributed by atoms with Crippen LogP contribution in [0.5, 0.6) is 0 Å². The highest BCUT2D eigenvalue weighted by Gasteiger charge is 2.10. The van der Waals surface area contributed by atoms with Crippen molar-refractivity contribution in [3.8, 4) is 16.9 Å². The number of fused-ring (bicyclic) bond motifs is 1. The molecule has 5 rings (SSSR count). The first kappa shape index (κ1) is 17.2. The maximum Gasteiger partial charge on any atom is 0.161 e. The van der Waals surface area contributed by atoms with E-state index in [4.69, 9.17) is 4.98 Å². The fourth-order valence-electron chi connectivity index (χ4n) is 3.42. The van der Waals surface area contributed by atoms with Crippen molar-refractivity contribution in [2.24, 2.45) is 0 Å². The number of nitrogens with zero attached hydrogens (tertiary/aromatic N) is 5. The Balaban J connectivity index is 1.47. The number of nitrogens with one attached hydrogen (secondary N) is 1. The molecule has 0 fully saturated rings. The zero-order chi connectivity index (χ0) is 19.8. The van der Waals surface area contributed by atoms with Gasteiger partial charge < -0.3 is 9.72 Å². The SMILES string of the molecule is Cc1ncn(-c2ccc(Nc3cccn4cc(-c5ccccc5C)nc34)cc2)n1. The molecule has 1 N–H and O–H groups in total. The summed E-state index contributed by atoms with van der Waals surface area (Å²) >= 11 is 0. The van der Waals surface area contributed by atoms with E-state index in [2.05, 4.69) is 45.1 Å². The second-order valence-electron chi connectivity index (χ2n) is 7.00. The lowest BCUT2D eigenvalue weighted by atomic mass is 10.1. The van der Waals surface area contributed by atoms with E-state index in [-0.39, 0.29) is 0 Å². The number of benzene rings is 2. The van der Waals surface area contributed by atoms with Gasteiger partial charge in [-0.05, 0) is 55.8 Å². The van der Waals surface area contributed by atoms with Gasteiger partial charge in [0.05, 0.1) is 17.1 Å². The fraction of sp³-hybridized carbons (Fsp3) is 0.0870. The second kappa shape index (κ2) is 6.91. The van der Waals surface area contributed by atoms with Crippen molar-refractivity contribution in [2.45, 2.75) is 13.8 Å². The normalized spacial score (nSPS) is 11.1. The number of anilines is 2. The molecular weight excluding hydrogens is 360 g/mol. The Bertz CT molecular complexity index is 1300. The van der Waals surface area contributed by atoms with Gasteiger partial charge >= 0.3 is 0 Å². The first-order valence-electron chi connectivity index (χ1n) is 9.47. The summed E-state index contributed by atoms with van der Waals surface area (Å²) in [6.45, 7) is 3.99. The van der Waals surface area contributed by atoms with E-state index in [1.165, 1.54) is 5.56 Å². The van der Waals surface area contributed by atoms with Crippen LogP contribution < -0.4 is 5.32 Å². The highest BCUT2D eigenvalue weighted by molar-refractivity contribution is 5.77. The van der Waals surface area contributed by atoms with Gasteiger partial charge in [0, 0.05) is 23.6 Å². The molecule has 0 saturated carbocycles. The first-order valence-corrected chi connectivity index (χ1v) is 9.47. The Morgan fingerprint density at radius 1 is 0.897 bits per heavy atom. The molecule has 0 spiro atoms. The molecule has 3 aromatic heterocycles. The molecule has 5 aromatic rings. The van der Waals surface area contributed by atoms with Gasteiger partial charge in [-0.2, -0.15) is 5.10 Å². The average molecular weight is 380 g/mol. The lowest BCUT2D eigenvalue weighted by Gasteiger charge is -2.08. The molecule has 0 saturated heterocycles. The lowest BCUT2D eigenvalue weighted by Crippen LogP contribution is -1.97. The molecule has 2 aromatic carbocycles. The summed E-state index contributed by atoms with van der Waals surface area (Å²) in [7, 11) is 0. The summed E-state index contributed by atoms with van der Waals surface area (Å²) in [4.78, 5) is 9.06. The van der Waals surface area contributed by atoms with Crippen LogP contribution in [-0.2, 0) is 0 Å². The molecule has 0 unspecified atom stereocenters. The standard InChI is InChI=1S/C23H20N6/c1-16-6-3-4-7-20(16)22-14-28-13-5-8-21(23(28)26-22)25-18-9-11-19(12-10-18)29-15-24-17(2)27-29/h3-15,25H,1-2H3. The van der Waals surface area contributed by atoms with Crippen molar-refractivity contribution in [3.05, 3.63) is 90.8 Å². The van der Waals surface area contributed by atoms with Crippen LogP contribution in [0.2, 0.25) is 0 Å². The first-order chi connectivity index (χ1) is 14.2. The Kier molecular flexibility index (Phi) is 4.09. The van der Waals surface area contributed by atoms with Gasteiger partial charge in [-0.3, -0.25) is 0 Å². The third-order valence-electron chi connectivity index (χ3n) is 4.92. The Morgan fingerprint density at radius 2 is 1.72 bits per heavy atom. The van der Waals surface area contributed by atoms with E-state index < -0.39 is 0 Å². The molecule has 29 heavy (non-hydrogen) atoms. The quantitative estimate of drug-likeness (QED) is 0.480. The van der Waals surface area contributed by atoms with Gasteiger partial charge in [-0.1, -0.05) is 24.3 Å². The van der Waals surface area contributed by atoms with Crippen LogP contribution >= 0.6 is 0 Å². The number of hydrogen-bond acceptors (Lipinski definition) is 4. The van der Waals surface area contributed by atoms with Crippen molar-refractivity contribution in [3.63, 3.8) is 0 Å². The van der Waals surface area contributed by atoms with E-state index in [9.17, 15) is 0 Å². The highest BCUT2D eigenvalue weighted by atomic mass is 15.3. The molecule has 0 radical (unpaired) electrons. The monoisotopic (exact) mass is 380 g/mol. The number of pyridine rings is 1. The molecule has 0 atom stereocenters. The van der Waals surface area contributed by atoms with Crippen LogP contribution in [0.3, 0.4) is 0 Å². The molecule has 0 bridgehead atoms. The van der Waals surface area contributed by atoms with Gasteiger partial charge in [0.2, 0.25) is 0 Å². The number of rotatable bonds is 4. The summed E-state index contributed by atoms with van der Waals surface area (Å²) in [5.74, 6) is 0.752. The summed E-state index contributed by atoms with van der Waals surface area (Å²) in [6, 6.07) is 20.5. The molecule has 0 aliphatic carbocycles. The minimum absolute atomic E-state index is 0.752. The molecule has 3 heterocycles. The number of hydrogen-bond donors (Lipinski definition) is 1. The summed E-state index contributed by atoms with van der Waals surface area (Å²) in [5, 5.41) is 7.83. The predicted octanol–water partition coefficient (Wildman–Crippen LogP) is 4.94. The van der Waals surface area contributed by atoms with E-state index in [1.807, 2.05) is 61.7 Å². The van der Waals surface area contributed by atoms with Gasteiger partial charge in [-0.15, -0.1) is 0 Å². The lowest BCUT2D eigenvalue weighted by molar-refractivity contribution is 0.863. The van der Waals surface area contributed by atoms with Crippen molar-refractivity contribution in [1.29, 1.82) is 0 Å². The van der Waals surface area contributed by atoms with Gasteiger partial charge in [0.1, 0.15) is 12.2 Å². The average Bonchev–Trinajstić information content (AvgIpc) is 3.36. The van der Waals surface area contributed by atoms with Crippen LogP contribution in [0, 0.1) is 13.8 Å². The smallest absolute Gasteiger partial charge is 0.161 e. The van der Waals surface area contributed by atoms with Crippen molar-refractivity contribution in [1.82, 2.24) is 24.1 Å². The largest absolute Gasteiger partial charge is 0.352 e. The van der Waals surface area contributed by atoms with E-state index >= 15 is 0 Å². The zero-order valence-corrected chi connectivity index (χ0v) is 16.2. The topological polar surface area (TPSA) is 60.0 Å². The zero-order valence-electron chi connectivity index (χ0n) is 16.2. The molecule has 0 aliphatic rings. The fourth-order valence-corrected chi connectivity index (χ4v) is 3.42. The Hall–Kier alpha value is -3.93. The van der Waals surface area contributed by atoms with Gasteiger partial charge in [0.25, 0.3) is 0 Å². The van der Waals surface area contributed by atoms with E-state index in [1.54, 1.807) is 11.0 Å². The summed E-state index contributed by atoms with van der Waals surface area (Å²) in [5.41, 5.74) is 7.13. The molecule has 6 nitrogen and oxygen atoms in total. The number of imidazole rings is 1.